The zero-order valence-electron chi connectivity index (χ0n) is 12.8. The van der Waals surface area contributed by atoms with E-state index in [4.69, 9.17) is 5.11 Å². The van der Waals surface area contributed by atoms with E-state index >= 15 is 0 Å². The lowest BCUT2D eigenvalue weighted by Crippen LogP contribution is -2.58. The van der Waals surface area contributed by atoms with Gasteiger partial charge < -0.3 is 10.2 Å². The zero-order chi connectivity index (χ0) is 19.8. The van der Waals surface area contributed by atoms with E-state index in [0.29, 0.717) is 13.0 Å². The molecule has 2 atom stereocenters. The molecule has 2 unspecified atom stereocenters. The van der Waals surface area contributed by atoms with Gasteiger partial charge in [0.15, 0.2) is 11.4 Å². The molecule has 0 heterocycles. The van der Waals surface area contributed by atoms with Crippen LogP contribution in [0.25, 0.3) is 0 Å². The number of rotatable bonds is 1. The number of hydrogen-bond donors (Lipinski definition) is 2. The maximum absolute atomic E-state index is 13.4. The molecule has 10 heteroatoms. The molecule has 0 radical (unpaired) electrons. The van der Waals surface area contributed by atoms with Gasteiger partial charge in [-0.1, -0.05) is 11.8 Å². The van der Waals surface area contributed by atoms with Crippen molar-refractivity contribution in [2.45, 2.75) is 38.2 Å². The van der Waals surface area contributed by atoms with Crippen molar-refractivity contribution in [3.05, 3.63) is 23.3 Å². The zero-order valence-corrected chi connectivity index (χ0v) is 12.8. The minimum Gasteiger partial charge on any atom is -0.478 e. The number of alkyl halides is 6. The third kappa shape index (κ3) is 3.87. The van der Waals surface area contributed by atoms with Crippen molar-refractivity contribution in [1.29, 1.82) is 0 Å². The summed E-state index contributed by atoms with van der Waals surface area (Å²) in [6.07, 6.45) is -11.3. The second kappa shape index (κ2) is 6.22. The Bertz CT molecular complexity index is 719. The number of allylic oxidation sites excluding steroid dienone is 2. The molecular formula is C15H12F6O4. The van der Waals surface area contributed by atoms with Crippen LogP contribution in [0, 0.1) is 17.3 Å². The molecule has 0 spiro atoms. The van der Waals surface area contributed by atoms with Crippen molar-refractivity contribution < 1.29 is 46.1 Å². The van der Waals surface area contributed by atoms with Crippen LogP contribution >= 0.6 is 0 Å². The van der Waals surface area contributed by atoms with Crippen molar-refractivity contribution in [2.24, 2.45) is 5.41 Å². The van der Waals surface area contributed by atoms with Gasteiger partial charge in [-0.25, -0.2) is 4.79 Å². The monoisotopic (exact) mass is 370 g/mol. The van der Waals surface area contributed by atoms with Crippen LogP contribution < -0.4 is 0 Å². The fourth-order valence-electron chi connectivity index (χ4n) is 2.32. The molecule has 1 aliphatic rings. The van der Waals surface area contributed by atoms with Crippen molar-refractivity contribution in [3.63, 3.8) is 0 Å². The Hall–Kier alpha value is -2.28. The minimum absolute atomic E-state index is 0.325. The molecular weight excluding hydrogens is 358 g/mol. The summed E-state index contributed by atoms with van der Waals surface area (Å²) in [5.74, 6) is -0.219. The lowest BCUT2D eigenvalue weighted by Gasteiger charge is -2.45. The van der Waals surface area contributed by atoms with Gasteiger partial charge in [-0.3, -0.25) is 4.79 Å². The Morgan fingerprint density at radius 3 is 2.20 bits per heavy atom. The van der Waals surface area contributed by atoms with Crippen LogP contribution in [0.1, 0.15) is 20.3 Å². The molecule has 1 rings (SSSR count). The van der Waals surface area contributed by atoms with Gasteiger partial charge in [-0.2, -0.15) is 26.3 Å². The van der Waals surface area contributed by atoms with Gasteiger partial charge in [0, 0.05) is 12.5 Å². The molecule has 0 amide bonds. The largest absolute Gasteiger partial charge is 0.478 e. The molecule has 2 N–H and O–H groups in total. The minimum atomic E-state index is -5.25. The highest BCUT2D eigenvalue weighted by Gasteiger charge is 2.65. The van der Waals surface area contributed by atoms with Crippen molar-refractivity contribution in [1.82, 2.24) is 0 Å². The highest BCUT2D eigenvalue weighted by molar-refractivity contribution is 5.93. The van der Waals surface area contributed by atoms with Gasteiger partial charge in [0.25, 0.3) is 0 Å². The van der Waals surface area contributed by atoms with Crippen LogP contribution in [0.15, 0.2) is 23.3 Å². The molecule has 4 nitrogen and oxygen atoms in total. The predicted octanol–water partition coefficient (Wildman–Crippen LogP) is 2.78. The molecule has 0 aliphatic heterocycles. The van der Waals surface area contributed by atoms with E-state index in [1.54, 1.807) is 0 Å². The summed E-state index contributed by atoms with van der Waals surface area (Å²) < 4.78 is 78.4. The van der Waals surface area contributed by atoms with Gasteiger partial charge in [0.2, 0.25) is 0 Å². The number of aliphatic hydroxyl groups is 1. The Kier molecular flexibility index (Phi) is 5.17. The fourth-order valence-corrected chi connectivity index (χ4v) is 2.32. The lowest BCUT2D eigenvalue weighted by molar-refractivity contribution is -0.259. The Labute approximate surface area is 137 Å². The van der Waals surface area contributed by atoms with Crippen molar-refractivity contribution in [3.8, 4) is 11.8 Å². The fraction of sp³-hybridized carbons (Fsp3) is 0.467. The maximum atomic E-state index is 13.4. The van der Waals surface area contributed by atoms with Gasteiger partial charge >= 0.3 is 18.3 Å². The van der Waals surface area contributed by atoms with Gasteiger partial charge in [-0.15, -0.1) is 0 Å². The van der Waals surface area contributed by atoms with E-state index in [0.717, 1.165) is 6.92 Å². The molecule has 0 fully saturated rings. The summed E-state index contributed by atoms with van der Waals surface area (Å²) in [6, 6.07) is 0. The van der Waals surface area contributed by atoms with Crippen LogP contribution in [0.3, 0.4) is 0 Å². The highest BCUT2D eigenvalue weighted by atomic mass is 19.4. The number of carbonyl (C=O) groups is 2. The Morgan fingerprint density at radius 2 is 1.80 bits per heavy atom. The summed E-state index contributed by atoms with van der Waals surface area (Å²) in [5.41, 5.74) is -8.83. The summed E-state index contributed by atoms with van der Waals surface area (Å²) in [4.78, 5) is 21.9. The normalized spacial score (nSPS) is 28.1. The molecule has 138 valence electrons. The van der Waals surface area contributed by atoms with E-state index in [-0.39, 0.29) is 6.08 Å². The van der Waals surface area contributed by atoms with Crippen LogP contribution in [0.2, 0.25) is 0 Å². The molecule has 0 aromatic heterocycles. The van der Waals surface area contributed by atoms with E-state index in [2.05, 4.69) is 0 Å². The third-order valence-corrected chi connectivity index (χ3v) is 3.85. The lowest BCUT2D eigenvalue weighted by atomic mass is 9.63. The molecule has 0 saturated heterocycles. The summed E-state index contributed by atoms with van der Waals surface area (Å²) >= 11 is 0. The van der Waals surface area contributed by atoms with Crippen molar-refractivity contribution >= 4 is 11.8 Å². The van der Waals surface area contributed by atoms with E-state index in [9.17, 15) is 41.0 Å². The van der Waals surface area contributed by atoms with Crippen LogP contribution in [0.4, 0.5) is 26.3 Å². The SMILES string of the molecule is CC1=CC(=O)CC(C)(C(F)(F)F)C1(O)C#C/C(=C/C(=O)O)C(F)(F)F. The quantitative estimate of drug-likeness (QED) is 0.423. The van der Waals surface area contributed by atoms with Gasteiger partial charge in [0.05, 0.1) is 0 Å². The number of carbonyl (C=O) groups excluding carboxylic acids is 1. The van der Waals surface area contributed by atoms with Crippen molar-refractivity contribution in [2.75, 3.05) is 0 Å². The van der Waals surface area contributed by atoms with Crippen LogP contribution in [0.5, 0.6) is 0 Å². The second-order valence-electron chi connectivity index (χ2n) is 5.65. The first-order valence-electron chi connectivity index (χ1n) is 6.60. The number of hydrogen-bond acceptors (Lipinski definition) is 3. The van der Waals surface area contributed by atoms with Gasteiger partial charge in [-0.05, 0) is 25.5 Å². The number of ketones is 1. The Morgan fingerprint density at radius 1 is 1.28 bits per heavy atom. The number of aliphatic carboxylic acids is 1. The first-order chi connectivity index (χ1) is 11.0. The summed E-state index contributed by atoms with van der Waals surface area (Å²) in [6.45, 7) is 1.38. The number of carboxylic acids is 1. The van der Waals surface area contributed by atoms with Crippen LogP contribution in [-0.2, 0) is 9.59 Å². The third-order valence-electron chi connectivity index (χ3n) is 3.85. The molecule has 25 heavy (non-hydrogen) atoms. The topological polar surface area (TPSA) is 74.6 Å². The first-order valence-corrected chi connectivity index (χ1v) is 6.60. The maximum Gasteiger partial charge on any atom is 0.424 e. The van der Waals surface area contributed by atoms with E-state index in [1.165, 1.54) is 11.8 Å². The van der Waals surface area contributed by atoms with Crippen LogP contribution in [-0.4, -0.2) is 39.9 Å². The first kappa shape index (κ1) is 20.8. The second-order valence-corrected chi connectivity index (χ2v) is 5.65. The predicted molar refractivity (Wildman–Crippen MR) is 72.0 cm³/mol. The average Bonchev–Trinajstić information content (AvgIpc) is 2.38. The summed E-state index contributed by atoms with van der Waals surface area (Å²) in [5, 5.41) is 18.8. The average molecular weight is 370 g/mol. The molecule has 0 aromatic carbocycles. The number of halogens is 6. The highest BCUT2D eigenvalue weighted by Crippen LogP contribution is 2.53. The molecule has 0 aromatic rings. The van der Waals surface area contributed by atoms with E-state index in [1.807, 2.05) is 0 Å². The number of carboxylic acid groups (broad SMARTS) is 1. The Balaban J connectivity index is 3.63. The van der Waals surface area contributed by atoms with E-state index < -0.39 is 52.7 Å². The molecule has 0 bridgehead atoms. The summed E-state index contributed by atoms with van der Waals surface area (Å²) in [7, 11) is 0. The molecule has 1 aliphatic carbocycles. The standard InChI is InChI=1S/C15H12F6O4/c1-8-5-10(22)7-12(2,15(19,20)21)13(8,25)4-3-9(6-11(23)24)14(16,17)18/h5-6,25H,7H2,1-2H3,(H,23,24)/b9-6-. The van der Waals surface area contributed by atoms with Gasteiger partial charge in [0.1, 0.15) is 11.0 Å². The smallest absolute Gasteiger partial charge is 0.424 e. The molecule has 0 saturated carbocycles.